The Morgan fingerprint density at radius 3 is 2.40 bits per heavy atom. The molecule has 0 saturated heterocycles. The van der Waals surface area contributed by atoms with Crippen LogP contribution in [0.25, 0.3) is 0 Å². The minimum Gasteiger partial charge on any atom is -0.478 e. The third kappa shape index (κ3) is 1.10. The Balaban J connectivity index is 2.93. The molecule has 0 unspecified atom stereocenters. The number of carbonyl (C=O) groups is 1. The van der Waals surface area contributed by atoms with Crippen LogP contribution in [0.4, 0.5) is 0 Å². The Labute approximate surface area is 59.9 Å². The normalized spacial score (nSPS) is 17.6. The summed E-state index contributed by atoms with van der Waals surface area (Å²) in [4.78, 5) is 10.5. The molecule has 1 rings (SSSR count). The van der Waals surface area contributed by atoms with Crippen molar-refractivity contribution in [2.24, 2.45) is 0 Å². The molecule has 0 bridgehead atoms. The molecule has 1 N–H and O–H groups in total. The van der Waals surface area contributed by atoms with Crippen molar-refractivity contribution in [3.8, 4) is 0 Å². The molecule has 0 aliphatic heterocycles. The molecule has 1 aliphatic rings. The van der Waals surface area contributed by atoms with Crippen molar-refractivity contribution >= 4 is 5.97 Å². The van der Waals surface area contributed by atoms with Crippen molar-refractivity contribution in [1.29, 1.82) is 0 Å². The highest BCUT2D eigenvalue weighted by Gasteiger charge is 2.14. The van der Waals surface area contributed by atoms with Crippen LogP contribution in [-0.2, 0) is 4.79 Å². The van der Waals surface area contributed by atoms with Gasteiger partial charge in [-0.25, -0.2) is 4.79 Å². The van der Waals surface area contributed by atoms with E-state index >= 15 is 0 Å². The fourth-order valence-electron chi connectivity index (χ4n) is 1.18. The molecule has 54 valence electrons. The molecular weight excluding hydrogens is 128 g/mol. The average Bonchev–Trinajstić information content (AvgIpc) is 2.10. The third-order valence-corrected chi connectivity index (χ3v) is 1.62. The highest BCUT2D eigenvalue weighted by molar-refractivity contribution is 5.92. The minimum atomic E-state index is -0.811. The van der Waals surface area contributed by atoms with E-state index in [1.807, 2.05) is 13.8 Å². The first-order chi connectivity index (χ1) is 4.61. The summed E-state index contributed by atoms with van der Waals surface area (Å²) in [5, 5.41) is 8.60. The van der Waals surface area contributed by atoms with Crippen LogP contribution in [0.15, 0.2) is 22.8 Å². The van der Waals surface area contributed by atoms with Crippen molar-refractivity contribution in [2.45, 2.75) is 20.3 Å². The zero-order valence-corrected chi connectivity index (χ0v) is 6.14. The highest BCUT2D eigenvalue weighted by Crippen LogP contribution is 2.24. The van der Waals surface area contributed by atoms with Crippen LogP contribution in [0.2, 0.25) is 0 Å². The van der Waals surface area contributed by atoms with Gasteiger partial charge in [0.25, 0.3) is 0 Å². The van der Waals surface area contributed by atoms with Crippen LogP contribution >= 0.6 is 0 Å². The number of carboxylic acids is 1. The number of carboxylic acid groups (broad SMARTS) is 1. The Morgan fingerprint density at radius 2 is 2.20 bits per heavy atom. The topological polar surface area (TPSA) is 37.3 Å². The molecule has 2 heteroatoms. The number of allylic oxidation sites excluding steroid dienone is 2. The van der Waals surface area contributed by atoms with E-state index in [2.05, 4.69) is 0 Å². The van der Waals surface area contributed by atoms with E-state index in [0.717, 1.165) is 17.6 Å². The maximum Gasteiger partial charge on any atom is 0.335 e. The van der Waals surface area contributed by atoms with Gasteiger partial charge in [0.15, 0.2) is 0 Å². The molecule has 0 heterocycles. The predicted molar refractivity (Wildman–Crippen MR) is 38.7 cm³/mol. The Kier molecular flexibility index (Phi) is 1.62. The average molecular weight is 138 g/mol. The van der Waals surface area contributed by atoms with Crippen molar-refractivity contribution in [3.05, 3.63) is 22.8 Å². The molecule has 2 nitrogen and oxygen atoms in total. The summed E-state index contributed by atoms with van der Waals surface area (Å²) in [7, 11) is 0. The maximum absolute atomic E-state index is 10.5. The highest BCUT2D eigenvalue weighted by atomic mass is 16.4. The predicted octanol–water partition coefficient (Wildman–Crippen LogP) is 1.74. The van der Waals surface area contributed by atoms with E-state index in [1.54, 1.807) is 6.08 Å². The van der Waals surface area contributed by atoms with Crippen molar-refractivity contribution in [1.82, 2.24) is 0 Å². The number of hydrogen-bond acceptors (Lipinski definition) is 1. The standard InChI is InChI=1S/C8H10O2/c1-5-3-6(2)7(4-5)8(9)10/h4H,3H2,1-2H3,(H,9,10). The summed E-state index contributed by atoms with van der Waals surface area (Å²) in [6.07, 6.45) is 2.55. The van der Waals surface area contributed by atoms with Gasteiger partial charge in [-0.2, -0.15) is 0 Å². The monoisotopic (exact) mass is 138 g/mol. The molecule has 1 aliphatic carbocycles. The summed E-state index contributed by atoms with van der Waals surface area (Å²) in [6, 6.07) is 0. The number of hydrogen-bond donors (Lipinski definition) is 1. The lowest BCUT2D eigenvalue weighted by Crippen LogP contribution is -1.97. The Hall–Kier alpha value is -1.05. The van der Waals surface area contributed by atoms with E-state index in [0.29, 0.717) is 5.57 Å². The van der Waals surface area contributed by atoms with Gasteiger partial charge in [0.2, 0.25) is 0 Å². The van der Waals surface area contributed by atoms with Gasteiger partial charge >= 0.3 is 5.97 Å². The van der Waals surface area contributed by atoms with E-state index in [-0.39, 0.29) is 0 Å². The van der Waals surface area contributed by atoms with E-state index in [1.165, 1.54) is 0 Å². The van der Waals surface area contributed by atoms with Crippen molar-refractivity contribution in [3.63, 3.8) is 0 Å². The first-order valence-electron chi connectivity index (χ1n) is 3.21. The summed E-state index contributed by atoms with van der Waals surface area (Å²) in [5.74, 6) is -0.811. The summed E-state index contributed by atoms with van der Waals surface area (Å²) in [6.45, 7) is 3.80. The fraction of sp³-hybridized carbons (Fsp3) is 0.375. The van der Waals surface area contributed by atoms with E-state index < -0.39 is 5.97 Å². The zero-order valence-electron chi connectivity index (χ0n) is 6.14. The third-order valence-electron chi connectivity index (χ3n) is 1.62. The molecule has 0 atom stereocenters. The van der Waals surface area contributed by atoms with Crippen LogP contribution in [0, 0.1) is 0 Å². The smallest absolute Gasteiger partial charge is 0.335 e. The molecule has 0 aromatic carbocycles. The van der Waals surface area contributed by atoms with Gasteiger partial charge in [0, 0.05) is 0 Å². The van der Waals surface area contributed by atoms with Crippen molar-refractivity contribution in [2.75, 3.05) is 0 Å². The molecule has 0 aromatic rings. The van der Waals surface area contributed by atoms with Gasteiger partial charge in [-0.05, 0) is 26.3 Å². The molecular formula is C8H10O2. The maximum atomic E-state index is 10.5. The van der Waals surface area contributed by atoms with Gasteiger partial charge in [-0.15, -0.1) is 0 Å². The molecule has 0 saturated carbocycles. The second-order valence-electron chi connectivity index (χ2n) is 2.67. The van der Waals surface area contributed by atoms with Gasteiger partial charge in [-0.1, -0.05) is 11.1 Å². The first-order valence-corrected chi connectivity index (χ1v) is 3.21. The van der Waals surface area contributed by atoms with Crippen LogP contribution in [0.1, 0.15) is 20.3 Å². The second-order valence-corrected chi connectivity index (χ2v) is 2.67. The summed E-state index contributed by atoms with van der Waals surface area (Å²) >= 11 is 0. The van der Waals surface area contributed by atoms with E-state index in [9.17, 15) is 4.79 Å². The van der Waals surface area contributed by atoms with Crippen LogP contribution in [0.5, 0.6) is 0 Å². The molecule has 10 heavy (non-hydrogen) atoms. The zero-order chi connectivity index (χ0) is 7.72. The van der Waals surface area contributed by atoms with Crippen LogP contribution < -0.4 is 0 Å². The molecule has 0 aromatic heterocycles. The Morgan fingerprint density at radius 1 is 1.60 bits per heavy atom. The largest absolute Gasteiger partial charge is 0.478 e. The fourth-order valence-corrected chi connectivity index (χ4v) is 1.18. The molecule has 0 spiro atoms. The molecule has 0 radical (unpaired) electrons. The van der Waals surface area contributed by atoms with Crippen molar-refractivity contribution < 1.29 is 9.90 Å². The van der Waals surface area contributed by atoms with Gasteiger partial charge in [0.05, 0.1) is 5.57 Å². The number of rotatable bonds is 1. The van der Waals surface area contributed by atoms with E-state index in [4.69, 9.17) is 5.11 Å². The van der Waals surface area contributed by atoms with Crippen LogP contribution in [0.3, 0.4) is 0 Å². The summed E-state index contributed by atoms with van der Waals surface area (Å²) in [5.41, 5.74) is 2.57. The number of aliphatic carboxylic acids is 1. The Bertz CT molecular complexity index is 234. The lowest BCUT2D eigenvalue weighted by molar-refractivity contribution is -0.132. The molecule has 0 fully saturated rings. The quantitative estimate of drug-likeness (QED) is 0.599. The van der Waals surface area contributed by atoms with Gasteiger partial charge < -0.3 is 5.11 Å². The molecule has 0 amide bonds. The minimum absolute atomic E-state index is 0.470. The lowest BCUT2D eigenvalue weighted by atomic mass is 10.1. The first kappa shape index (κ1) is 7.06. The van der Waals surface area contributed by atoms with Crippen LogP contribution in [-0.4, -0.2) is 11.1 Å². The van der Waals surface area contributed by atoms with Gasteiger partial charge in [-0.3, -0.25) is 0 Å². The SMILES string of the molecule is CC1=CC(C(=O)O)=C(C)C1. The second kappa shape index (κ2) is 2.29. The summed E-state index contributed by atoms with van der Waals surface area (Å²) < 4.78 is 0. The van der Waals surface area contributed by atoms with Gasteiger partial charge in [0.1, 0.15) is 0 Å². The lowest BCUT2D eigenvalue weighted by Gasteiger charge is -1.92.